The molecule has 15 nitrogen and oxygen atoms in total. The molecule has 1 fully saturated rings. The average Bonchev–Trinajstić information content (AvgIpc) is 3.38. The third-order valence-corrected chi connectivity index (χ3v) is 10.8. The Hall–Kier alpha value is -2.84. The molecule has 18 heteroatoms. The molecule has 0 radical (unpaired) electrons. The van der Waals surface area contributed by atoms with E-state index in [2.05, 4.69) is 20.3 Å². The van der Waals surface area contributed by atoms with Gasteiger partial charge < -0.3 is 45.2 Å². The van der Waals surface area contributed by atoms with Gasteiger partial charge in [0.2, 0.25) is 12.7 Å². The number of aliphatic hydroxyl groups is 2. The fourth-order valence-corrected chi connectivity index (χ4v) is 8.28. The quantitative estimate of drug-likeness (QED) is 0.0805. The van der Waals surface area contributed by atoms with Gasteiger partial charge in [-0.15, -0.1) is 0 Å². The number of nitrogens with zero attached hydrogens (tertiary/aromatic N) is 4. The van der Waals surface area contributed by atoms with Crippen LogP contribution in [0.1, 0.15) is 12.6 Å². The topological polar surface area (TPSA) is 241 Å². The van der Waals surface area contributed by atoms with Gasteiger partial charge in [0.1, 0.15) is 18.1 Å². The van der Waals surface area contributed by atoms with Gasteiger partial charge in [0, 0.05) is 17.2 Å². The number of ether oxygens (including phenoxy) is 1. The number of phenolic OH excluding ortho intramolecular Hbond substituents is 2. The zero-order chi connectivity index (χ0) is 29.0. The van der Waals surface area contributed by atoms with Gasteiger partial charge in [-0.3, -0.25) is 13.7 Å². The van der Waals surface area contributed by atoms with Crippen molar-refractivity contribution in [3.8, 4) is 11.5 Å². The molecule has 5 rings (SSSR count). The predicted molar refractivity (Wildman–Crippen MR) is 143 cm³/mol. The van der Waals surface area contributed by atoms with Crippen molar-refractivity contribution in [2.75, 3.05) is 17.4 Å². The highest BCUT2D eigenvalue weighted by Gasteiger charge is 2.45. The molecular weight excluding hydrogens is 592 g/mol. The molecule has 40 heavy (non-hydrogen) atoms. The number of fused-ring (bicyclic) bond motifs is 2. The molecule has 2 aromatic carbocycles. The lowest BCUT2D eigenvalue weighted by molar-refractivity contribution is -0.0354. The molecule has 0 spiro atoms. The molecule has 1 saturated heterocycles. The Kier molecular flexibility index (Phi) is 7.55. The number of anilines is 2. The van der Waals surface area contributed by atoms with Crippen LogP contribution in [0.3, 0.4) is 0 Å². The maximum Gasteiger partial charge on any atom is 0.335 e. The van der Waals surface area contributed by atoms with Crippen LogP contribution in [0.15, 0.2) is 36.7 Å². The SMILES string of the molecule is O=P(O)(O)CP(=O)(O)CC[C@H]1O[C@@H](n2cnc3c(Nc4cccc5cc(O)c(O)cc45)nc(Cl)nc32)C(O)[C@H]1O. The van der Waals surface area contributed by atoms with Crippen molar-refractivity contribution in [2.45, 2.75) is 31.0 Å². The van der Waals surface area contributed by atoms with E-state index >= 15 is 0 Å². The fraction of sp³-hybridized carbons (Fsp3) is 0.318. The average molecular weight is 616 g/mol. The zero-order valence-corrected chi connectivity index (χ0v) is 22.9. The molecule has 2 aromatic heterocycles. The number of nitrogens with one attached hydrogen (secondary N) is 1. The first-order valence-corrected chi connectivity index (χ1v) is 15.9. The molecule has 4 aromatic rings. The molecule has 0 amide bonds. The minimum Gasteiger partial charge on any atom is -0.504 e. The minimum atomic E-state index is -4.74. The van der Waals surface area contributed by atoms with Crippen molar-refractivity contribution >= 4 is 60.0 Å². The van der Waals surface area contributed by atoms with Crippen LogP contribution in [-0.4, -0.2) is 85.0 Å². The third kappa shape index (κ3) is 5.79. The van der Waals surface area contributed by atoms with E-state index in [1.807, 2.05) is 0 Å². The Morgan fingerprint density at radius 2 is 1.77 bits per heavy atom. The van der Waals surface area contributed by atoms with Crippen molar-refractivity contribution < 1.29 is 49.0 Å². The predicted octanol–water partition coefficient (Wildman–Crippen LogP) is 2.20. The van der Waals surface area contributed by atoms with Gasteiger partial charge >= 0.3 is 7.60 Å². The van der Waals surface area contributed by atoms with Crippen LogP contribution in [0.4, 0.5) is 11.5 Å². The Bertz CT molecular complexity index is 1700. The highest BCUT2D eigenvalue weighted by atomic mass is 35.5. The first kappa shape index (κ1) is 28.7. The zero-order valence-electron chi connectivity index (χ0n) is 20.3. The summed E-state index contributed by atoms with van der Waals surface area (Å²) in [5.41, 5.74) is 0.823. The van der Waals surface area contributed by atoms with Crippen LogP contribution in [-0.2, 0) is 13.9 Å². The molecule has 3 heterocycles. The summed E-state index contributed by atoms with van der Waals surface area (Å²) >= 11 is 6.18. The molecular formula is C22H24ClN5O10P2. The summed E-state index contributed by atoms with van der Waals surface area (Å²) in [6.07, 6.45) is -4.91. The Morgan fingerprint density at radius 3 is 2.50 bits per heavy atom. The van der Waals surface area contributed by atoms with Crippen LogP contribution >= 0.6 is 26.6 Å². The number of aromatic hydroxyl groups is 2. The van der Waals surface area contributed by atoms with E-state index in [9.17, 15) is 34.4 Å². The van der Waals surface area contributed by atoms with E-state index in [1.54, 1.807) is 18.2 Å². The molecule has 0 saturated carbocycles. The number of imidazole rings is 1. The second-order valence-corrected chi connectivity index (χ2v) is 14.3. The maximum atomic E-state index is 12.2. The van der Waals surface area contributed by atoms with E-state index in [4.69, 9.17) is 26.1 Å². The van der Waals surface area contributed by atoms with E-state index < -0.39 is 51.6 Å². The number of aliphatic hydroxyl groups excluding tert-OH is 2. The van der Waals surface area contributed by atoms with Gasteiger partial charge in [-0.1, -0.05) is 12.1 Å². The summed E-state index contributed by atoms with van der Waals surface area (Å²) in [5, 5.41) is 45.1. The highest BCUT2D eigenvalue weighted by Crippen LogP contribution is 2.55. The summed E-state index contributed by atoms with van der Waals surface area (Å²) in [6.45, 7) is 0. The van der Waals surface area contributed by atoms with Crippen LogP contribution in [0.25, 0.3) is 21.9 Å². The van der Waals surface area contributed by atoms with Crippen LogP contribution in [0, 0.1) is 0 Å². The third-order valence-electron chi connectivity index (χ3n) is 6.40. The van der Waals surface area contributed by atoms with Crippen LogP contribution < -0.4 is 5.32 Å². The molecule has 0 aliphatic carbocycles. The number of hydrogen-bond donors (Lipinski definition) is 8. The standard InChI is InChI=1S/C22H24ClN5O10P2/c23-22-26-19(25-12-3-1-2-10-6-13(29)14(30)7-11(10)12)16-20(27-22)28(8-24-16)21-18(32)17(31)15(38-21)4-5-39(33,34)9-40(35,36)37/h1-3,6-8,15,17-18,21,29-32H,4-5,9H2,(H,33,34)(H,25,26,27)(H2,35,36,37)/t15-,17+,18?,21-/m1/s1. The molecule has 5 atom stereocenters. The molecule has 1 aliphatic rings. The first-order chi connectivity index (χ1) is 18.7. The number of halogens is 1. The fourth-order valence-electron chi connectivity index (χ4n) is 4.59. The minimum absolute atomic E-state index is 0.120. The monoisotopic (exact) mass is 615 g/mol. The molecule has 0 bridgehead atoms. The molecule has 1 aliphatic heterocycles. The molecule has 2 unspecified atom stereocenters. The lowest BCUT2D eigenvalue weighted by Gasteiger charge is -2.18. The summed E-state index contributed by atoms with van der Waals surface area (Å²) < 4.78 is 30.4. The summed E-state index contributed by atoms with van der Waals surface area (Å²) in [5.74, 6) is -1.65. The largest absolute Gasteiger partial charge is 0.504 e. The number of rotatable bonds is 8. The second kappa shape index (κ2) is 10.5. The van der Waals surface area contributed by atoms with E-state index in [0.717, 1.165) is 0 Å². The van der Waals surface area contributed by atoms with Crippen molar-refractivity contribution in [2.24, 2.45) is 0 Å². The number of benzene rings is 2. The maximum absolute atomic E-state index is 12.2. The van der Waals surface area contributed by atoms with Crippen molar-refractivity contribution in [3.05, 3.63) is 41.9 Å². The molecule has 214 valence electrons. The second-order valence-electron chi connectivity index (χ2n) is 9.37. The number of hydrogen-bond acceptors (Lipinski definition) is 11. The van der Waals surface area contributed by atoms with Crippen molar-refractivity contribution in [1.82, 2.24) is 19.5 Å². The molecule has 8 N–H and O–H groups in total. The highest BCUT2D eigenvalue weighted by molar-refractivity contribution is 7.72. The summed E-state index contributed by atoms with van der Waals surface area (Å²) in [7, 11) is -8.98. The van der Waals surface area contributed by atoms with Crippen LogP contribution in [0.2, 0.25) is 5.28 Å². The van der Waals surface area contributed by atoms with Gasteiger partial charge in [-0.25, -0.2) is 4.98 Å². The Labute approximate surface area is 230 Å². The number of phenols is 2. The van der Waals surface area contributed by atoms with Gasteiger partial charge in [-0.2, -0.15) is 9.97 Å². The van der Waals surface area contributed by atoms with E-state index in [0.29, 0.717) is 16.5 Å². The normalized spacial score (nSPS) is 23.1. The van der Waals surface area contributed by atoms with E-state index in [-0.39, 0.29) is 40.2 Å². The number of aromatic nitrogens is 4. The van der Waals surface area contributed by atoms with E-state index in [1.165, 1.54) is 23.0 Å². The Morgan fingerprint density at radius 1 is 1.05 bits per heavy atom. The summed E-state index contributed by atoms with van der Waals surface area (Å²) in [4.78, 5) is 40.6. The summed E-state index contributed by atoms with van der Waals surface area (Å²) in [6, 6.07) is 7.93. The van der Waals surface area contributed by atoms with Gasteiger partial charge in [-0.05, 0) is 41.6 Å². The smallest absolute Gasteiger partial charge is 0.335 e. The van der Waals surface area contributed by atoms with Gasteiger partial charge in [0.05, 0.1) is 12.4 Å². The van der Waals surface area contributed by atoms with Crippen molar-refractivity contribution in [1.29, 1.82) is 0 Å². The first-order valence-electron chi connectivity index (χ1n) is 11.7. The lowest BCUT2D eigenvalue weighted by atomic mass is 10.1. The van der Waals surface area contributed by atoms with Gasteiger partial charge in [0.25, 0.3) is 0 Å². The Balaban J connectivity index is 1.43. The van der Waals surface area contributed by atoms with Crippen molar-refractivity contribution in [3.63, 3.8) is 0 Å². The van der Waals surface area contributed by atoms with Crippen LogP contribution in [0.5, 0.6) is 11.5 Å². The lowest BCUT2D eigenvalue weighted by Crippen LogP contribution is -2.32. The van der Waals surface area contributed by atoms with Gasteiger partial charge in [0.15, 0.2) is 34.7 Å².